The molecule has 2 saturated heterocycles. The van der Waals surface area contributed by atoms with Crippen LogP contribution in [0.3, 0.4) is 0 Å². The molecule has 1 spiro atoms. The molecule has 2 aliphatic rings. The molecule has 106 valence electrons. The van der Waals surface area contributed by atoms with E-state index in [1.165, 1.54) is 0 Å². The summed E-state index contributed by atoms with van der Waals surface area (Å²) in [6.07, 6.45) is 3.29. The summed E-state index contributed by atoms with van der Waals surface area (Å²) in [6, 6.07) is 0.455. The molecule has 0 aliphatic carbocycles. The minimum Gasteiger partial charge on any atom is -0.380 e. The van der Waals surface area contributed by atoms with Crippen molar-refractivity contribution in [3.05, 3.63) is 0 Å². The molecule has 4 heteroatoms. The molecule has 0 saturated carbocycles. The van der Waals surface area contributed by atoms with Gasteiger partial charge in [0.15, 0.2) is 0 Å². The standard InChI is InChI=1S/C14H27NO3/c1-3-15-13(10-16-4-2)12-5-7-18-14(9-12)6-8-17-11-14/h12-13,15H,3-11H2,1-2H3. The first kappa shape index (κ1) is 14.3. The molecule has 0 bridgehead atoms. The van der Waals surface area contributed by atoms with Gasteiger partial charge in [0.25, 0.3) is 0 Å². The van der Waals surface area contributed by atoms with Crippen molar-refractivity contribution in [1.82, 2.24) is 5.32 Å². The molecule has 0 amide bonds. The minimum atomic E-state index is 0.00278. The lowest BCUT2D eigenvalue weighted by Gasteiger charge is -2.40. The highest BCUT2D eigenvalue weighted by Crippen LogP contribution is 2.37. The van der Waals surface area contributed by atoms with Gasteiger partial charge in [-0.2, -0.15) is 0 Å². The second kappa shape index (κ2) is 6.85. The van der Waals surface area contributed by atoms with Crippen LogP contribution < -0.4 is 5.32 Å². The van der Waals surface area contributed by atoms with Gasteiger partial charge in [-0.25, -0.2) is 0 Å². The van der Waals surface area contributed by atoms with Crippen LogP contribution in [0.1, 0.15) is 33.1 Å². The lowest BCUT2D eigenvalue weighted by Crippen LogP contribution is -2.49. The highest BCUT2D eigenvalue weighted by atomic mass is 16.6. The molecule has 2 aliphatic heterocycles. The normalized spacial score (nSPS) is 34.0. The summed E-state index contributed by atoms with van der Waals surface area (Å²) >= 11 is 0. The van der Waals surface area contributed by atoms with Gasteiger partial charge in [-0.15, -0.1) is 0 Å². The zero-order valence-electron chi connectivity index (χ0n) is 11.7. The Hall–Kier alpha value is -0.160. The summed E-state index contributed by atoms with van der Waals surface area (Å²) in [6.45, 7) is 9.30. The van der Waals surface area contributed by atoms with Gasteiger partial charge in [0, 0.05) is 32.3 Å². The molecule has 0 aromatic carbocycles. The number of nitrogens with one attached hydrogen (secondary N) is 1. The van der Waals surface area contributed by atoms with E-state index in [-0.39, 0.29) is 5.60 Å². The largest absolute Gasteiger partial charge is 0.380 e. The van der Waals surface area contributed by atoms with E-state index in [1.54, 1.807) is 0 Å². The number of hydrogen-bond acceptors (Lipinski definition) is 4. The average molecular weight is 257 g/mol. The molecular weight excluding hydrogens is 230 g/mol. The van der Waals surface area contributed by atoms with Crippen molar-refractivity contribution in [2.75, 3.05) is 39.6 Å². The quantitative estimate of drug-likeness (QED) is 0.784. The third-order valence-electron chi connectivity index (χ3n) is 4.14. The van der Waals surface area contributed by atoms with Crippen LogP contribution in [0.5, 0.6) is 0 Å². The first-order valence-corrected chi connectivity index (χ1v) is 7.32. The molecule has 1 N–H and O–H groups in total. The molecule has 0 radical (unpaired) electrons. The molecule has 2 heterocycles. The van der Waals surface area contributed by atoms with Gasteiger partial charge in [0.1, 0.15) is 0 Å². The Morgan fingerprint density at radius 1 is 1.39 bits per heavy atom. The summed E-state index contributed by atoms with van der Waals surface area (Å²) < 4.78 is 17.1. The summed E-state index contributed by atoms with van der Waals surface area (Å²) in [4.78, 5) is 0. The second-order valence-corrected chi connectivity index (χ2v) is 5.41. The maximum Gasteiger partial charge on any atom is 0.0939 e. The summed E-state index contributed by atoms with van der Waals surface area (Å²) in [5, 5.41) is 3.57. The van der Waals surface area contributed by atoms with Crippen molar-refractivity contribution < 1.29 is 14.2 Å². The molecule has 3 unspecified atom stereocenters. The van der Waals surface area contributed by atoms with Crippen molar-refractivity contribution in [3.8, 4) is 0 Å². The zero-order chi connectivity index (χ0) is 12.8. The van der Waals surface area contributed by atoms with Gasteiger partial charge < -0.3 is 19.5 Å². The Morgan fingerprint density at radius 2 is 2.28 bits per heavy atom. The molecule has 2 fully saturated rings. The number of ether oxygens (including phenoxy) is 3. The number of rotatable bonds is 6. The topological polar surface area (TPSA) is 39.7 Å². The summed E-state index contributed by atoms with van der Waals surface area (Å²) in [5.41, 5.74) is 0.00278. The van der Waals surface area contributed by atoms with E-state index >= 15 is 0 Å². The minimum absolute atomic E-state index is 0.00278. The molecule has 3 atom stereocenters. The SMILES string of the molecule is CCNC(COCC)C1CCOC2(CCOC2)C1. The summed E-state index contributed by atoms with van der Waals surface area (Å²) in [7, 11) is 0. The van der Waals surface area contributed by atoms with Crippen molar-refractivity contribution in [2.24, 2.45) is 5.92 Å². The lowest BCUT2D eigenvalue weighted by molar-refractivity contribution is -0.106. The smallest absolute Gasteiger partial charge is 0.0939 e. The van der Waals surface area contributed by atoms with E-state index in [2.05, 4.69) is 19.2 Å². The van der Waals surface area contributed by atoms with Gasteiger partial charge in [0.2, 0.25) is 0 Å². The fourth-order valence-electron chi connectivity index (χ4n) is 3.14. The maximum absolute atomic E-state index is 6.00. The van der Waals surface area contributed by atoms with E-state index in [1.807, 2.05) is 0 Å². The van der Waals surface area contributed by atoms with Crippen molar-refractivity contribution >= 4 is 0 Å². The van der Waals surface area contributed by atoms with E-state index in [4.69, 9.17) is 14.2 Å². The fourth-order valence-corrected chi connectivity index (χ4v) is 3.14. The predicted octanol–water partition coefficient (Wildman–Crippen LogP) is 1.59. The van der Waals surface area contributed by atoms with Crippen LogP contribution >= 0.6 is 0 Å². The van der Waals surface area contributed by atoms with Crippen molar-refractivity contribution in [2.45, 2.75) is 44.8 Å². The van der Waals surface area contributed by atoms with Gasteiger partial charge in [-0.3, -0.25) is 0 Å². The average Bonchev–Trinajstić information content (AvgIpc) is 2.82. The van der Waals surface area contributed by atoms with Crippen LogP contribution in [0.4, 0.5) is 0 Å². The van der Waals surface area contributed by atoms with Crippen LogP contribution in [0.15, 0.2) is 0 Å². The number of hydrogen-bond donors (Lipinski definition) is 1. The Labute approximate surface area is 110 Å². The van der Waals surface area contributed by atoms with E-state index in [0.29, 0.717) is 12.0 Å². The molecule has 2 rings (SSSR count). The van der Waals surface area contributed by atoms with Crippen LogP contribution in [-0.2, 0) is 14.2 Å². The highest BCUT2D eigenvalue weighted by molar-refractivity contribution is 4.93. The maximum atomic E-state index is 6.00. The zero-order valence-corrected chi connectivity index (χ0v) is 11.7. The van der Waals surface area contributed by atoms with Gasteiger partial charge in [-0.1, -0.05) is 6.92 Å². The van der Waals surface area contributed by atoms with E-state index in [9.17, 15) is 0 Å². The molecule has 0 aromatic rings. The molecule has 0 aromatic heterocycles. The van der Waals surface area contributed by atoms with Crippen LogP contribution in [0.25, 0.3) is 0 Å². The van der Waals surface area contributed by atoms with Crippen LogP contribution in [-0.4, -0.2) is 51.2 Å². The van der Waals surface area contributed by atoms with Crippen molar-refractivity contribution in [3.63, 3.8) is 0 Å². The van der Waals surface area contributed by atoms with Crippen LogP contribution in [0.2, 0.25) is 0 Å². The molecule has 18 heavy (non-hydrogen) atoms. The first-order chi connectivity index (χ1) is 8.79. The van der Waals surface area contributed by atoms with Gasteiger partial charge >= 0.3 is 0 Å². The van der Waals surface area contributed by atoms with Crippen LogP contribution in [0, 0.1) is 5.92 Å². The second-order valence-electron chi connectivity index (χ2n) is 5.41. The van der Waals surface area contributed by atoms with E-state index in [0.717, 1.165) is 58.8 Å². The predicted molar refractivity (Wildman–Crippen MR) is 70.8 cm³/mol. The lowest BCUT2D eigenvalue weighted by atomic mass is 9.81. The third kappa shape index (κ3) is 3.44. The van der Waals surface area contributed by atoms with Gasteiger partial charge in [0.05, 0.1) is 18.8 Å². The Balaban J connectivity index is 1.91. The summed E-state index contributed by atoms with van der Waals surface area (Å²) in [5.74, 6) is 0.645. The highest BCUT2D eigenvalue weighted by Gasteiger charge is 2.42. The van der Waals surface area contributed by atoms with E-state index < -0.39 is 0 Å². The Kier molecular flexibility index (Phi) is 5.42. The monoisotopic (exact) mass is 257 g/mol. The first-order valence-electron chi connectivity index (χ1n) is 7.32. The van der Waals surface area contributed by atoms with Gasteiger partial charge in [-0.05, 0) is 32.2 Å². The number of likely N-dealkylation sites (N-methyl/N-ethyl adjacent to an activating group) is 1. The molecular formula is C14H27NO3. The fraction of sp³-hybridized carbons (Fsp3) is 1.00. The third-order valence-corrected chi connectivity index (χ3v) is 4.14. The molecule has 4 nitrogen and oxygen atoms in total. The Morgan fingerprint density at radius 3 is 2.94 bits per heavy atom. The Bertz CT molecular complexity index is 241. The van der Waals surface area contributed by atoms with Crippen molar-refractivity contribution in [1.29, 1.82) is 0 Å².